The van der Waals surface area contributed by atoms with Gasteiger partial charge in [0, 0.05) is 19.5 Å². The van der Waals surface area contributed by atoms with Gasteiger partial charge in [-0.05, 0) is 29.8 Å². The van der Waals surface area contributed by atoms with Gasteiger partial charge in [0.15, 0.2) is 11.5 Å². The van der Waals surface area contributed by atoms with E-state index < -0.39 is 21.8 Å². The lowest BCUT2D eigenvalue weighted by molar-refractivity contribution is -0.121. The molecule has 2 amide bonds. The number of methoxy groups -OCH3 is 3. The Kier molecular flexibility index (Phi) is 6.16. The molecule has 160 valence electrons. The van der Waals surface area contributed by atoms with Crippen molar-refractivity contribution in [3.8, 4) is 17.2 Å². The standard InChI is InChI=1S/C20H22N2O7S/c1-27-15-10-13(11-16(28-2)19(15)29-3)12-21-18(23)8-9-22-20(24)14-6-4-5-7-17(14)30(22,25)26/h4-7,10-11H,8-9,12H2,1-3H3,(H,21,23). The monoisotopic (exact) mass is 434 g/mol. The number of hydrogen-bond acceptors (Lipinski definition) is 7. The molecule has 0 unspecified atom stereocenters. The molecule has 3 rings (SSSR count). The SMILES string of the molecule is COc1cc(CNC(=O)CCN2C(=O)c3ccccc3S2(=O)=O)cc(OC)c1OC. The van der Waals surface area contributed by atoms with Gasteiger partial charge >= 0.3 is 0 Å². The molecule has 9 nitrogen and oxygen atoms in total. The molecule has 2 aromatic rings. The van der Waals surface area contributed by atoms with Crippen molar-refractivity contribution in [3.05, 3.63) is 47.5 Å². The summed E-state index contributed by atoms with van der Waals surface area (Å²) in [7, 11) is 0.549. The molecule has 0 radical (unpaired) electrons. The number of benzene rings is 2. The number of nitrogens with zero attached hydrogens (tertiary/aromatic N) is 1. The number of ether oxygens (including phenoxy) is 3. The maximum absolute atomic E-state index is 12.5. The second-order valence-corrected chi connectivity index (χ2v) is 8.27. The van der Waals surface area contributed by atoms with Crippen LogP contribution in [0.2, 0.25) is 0 Å². The summed E-state index contributed by atoms with van der Waals surface area (Å²) in [6.45, 7) is -0.0760. The van der Waals surface area contributed by atoms with Crippen LogP contribution in [0, 0.1) is 0 Å². The third-order valence-electron chi connectivity index (χ3n) is 4.67. The third kappa shape index (κ3) is 3.90. The minimum Gasteiger partial charge on any atom is -0.493 e. The third-order valence-corrected chi connectivity index (χ3v) is 6.51. The summed E-state index contributed by atoms with van der Waals surface area (Å²) < 4.78 is 41.6. The van der Waals surface area contributed by atoms with Crippen LogP contribution in [0.25, 0.3) is 0 Å². The molecule has 0 saturated heterocycles. The molecule has 30 heavy (non-hydrogen) atoms. The highest BCUT2D eigenvalue weighted by molar-refractivity contribution is 7.90. The Morgan fingerprint density at radius 2 is 1.67 bits per heavy atom. The molecular formula is C20H22N2O7S. The Morgan fingerprint density at radius 3 is 2.23 bits per heavy atom. The Labute approximate surface area is 174 Å². The summed E-state index contributed by atoms with van der Waals surface area (Å²) in [5.74, 6) is 0.318. The molecule has 0 spiro atoms. The summed E-state index contributed by atoms with van der Waals surface area (Å²) in [5, 5.41) is 2.70. The second-order valence-electron chi connectivity index (χ2n) is 6.44. The first-order chi connectivity index (χ1) is 14.3. The lowest BCUT2D eigenvalue weighted by Crippen LogP contribution is -2.34. The zero-order valence-electron chi connectivity index (χ0n) is 16.8. The van der Waals surface area contributed by atoms with E-state index in [9.17, 15) is 18.0 Å². The molecule has 0 aliphatic carbocycles. The Bertz CT molecular complexity index is 1060. The maximum Gasteiger partial charge on any atom is 0.269 e. The van der Waals surface area contributed by atoms with Crippen LogP contribution in [0.3, 0.4) is 0 Å². The van der Waals surface area contributed by atoms with Crippen LogP contribution in [0.5, 0.6) is 17.2 Å². The lowest BCUT2D eigenvalue weighted by Gasteiger charge is -2.16. The van der Waals surface area contributed by atoms with E-state index in [4.69, 9.17) is 14.2 Å². The first kappa shape index (κ1) is 21.4. The summed E-state index contributed by atoms with van der Waals surface area (Å²) in [5.41, 5.74) is 0.824. The van der Waals surface area contributed by atoms with Gasteiger partial charge < -0.3 is 19.5 Å². The van der Waals surface area contributed by atoms with E-state index in [0.29, 0.717) is 22.8 Å². The average Bonchev–Trinajstić information content (AvgIpc) is 2.95. The zero-order chi connectivity index (χ0) is 21.9. The number of sulfonamides is 1. The Balaban J connectivity index is 1.63. The van der Waals surface area contributed by atoms with Crippen LogP contribution in [-0.2, 0) is 21.4 Å². The highest BCUT2D eigenvalue weighted by Crippen LogP contribution is 2.38. The van der Waals surface area contributed by atoms with Crippen molar-refractivity contribution in [3.63, 3.8) is 0 Å². The fourth-order valence-electron chi connectivity index (χ4n) is 3.18. The number of rotatable bonds is 8. The molecule has 0 fully saturated rings. The number of hydrogen-bond donors (Lipinski definition) is 1. The van der Waals surface area contributed by atoms with Crippen molar-refractivity contribution in [2.45, 2.75) is 17.9 Å². The first-order valence-corrected chi connectivity index (χ1v) is 10.5. The fourth-order valence-corrected chi connectivity index (χ4v) is 4.75. The molecule has 0 bridgehead atoms. The van der Waals surface area contributed by atoms with Gasteiger partial charge in [0.25, 0.3) is 15.9 Å². The van der Waals surface area contributed by atoms with Crippen molar-refractivity contribution in [2.75, 3.05) is 27.9 Å². The van der Waals surface area contributed by atoms with Crippen LogP contribution in [0.15, 0.2) is 41.3 Å². The summed E-state index contributed by atoms with van der Waals surface area (Å²) in [4.78, 5) is 24.6. The van der Waals surface area contributed by atoms with Crippen molar-refractivity contribution in [1.82, 2.24) is 9.62 Å². The molecule has 2 aromatic carbocycles. The normalized spacial score (nSPS) is 14.2. The summed E-state index contributed by atoms with van der Waals surface area (Å²) >= 11 is 0. The van der Waals surface area contributed by atoms with Crippen molar-refractivity contribution in [2.24, 2.45) is 0 Å². The molecule has 0 atom stereocenters. The van der Waals surface area contributed by atoms with Crippen LogP contribution in [-0.4, -0.2) is 52.4 Å². The van der Waals surface area contributed by atoms with Gasteiger partial charge in [-0.3, -0.25) is 9.59 Å². The second kappa shape index (κ2) is 8.62. The van der Waals surface area contributed by atoms with Gasteiger partial charge in [0.1, 0.15) is 4.90 Å². The predicted molar refractivity (Wildman–Crippen MR) is 107 cm³/mol. The van der Waals surface area contributed by atoms with E-state index in [-0.39, 0.29) is 30.0 Å². The molecule has 1 N–H and O–H groups in total. The lowest BCUT2D eigenvalue weighted by atomic mass is 10.1. The van der Waals surface area contributed by atoms with Crippen LogP contribution in [0.1, 0.15) is 22.3 Å². The van der Waals surface area contributed by atoms with Crippen molar-refractivity contribution < 1.29 is 32.2 Å². The summed E-state index contributed by atoms with van der Waals surface area (Å²) in [6, 6.07) is 9.39. The number of carbonyl (C=O) groups is 2. The van der Waals surface area contributed by atoms with E-state index >= 15 is 0 Å². The largest absolute Gasteiger partial charge is 0.493 e. The molecule has 0 aromatic heterocycles. The van der Waals surface area contributed by atoms with Gasteiger partial charge in [-0.15, -0.1) is 0 Å². The Morgan fingerprint density at radius 1 is 1.03 bits per heavy atom. The van der Waals surface area contributed by atoms with E-state index in [0.717, 1.165) is 4.31 Å². The quantitative estimate of drug-likeness (QED) is 0.671. The number of nitrogens with one attached hydrogen (secondary N) is 1. The van der Waals surface area contributed by atoms with Crippen LogP contribution >= 0.6 is 0 Å². The van der Waals surface area contributed by atoms with Gasteiger partial charge in [-0.1, -0.05) is 12.1 Å². The van der Waals surface area contributed by atoms with Crippen LogP contribution < -0.4 is 19.5 Å². The molecule has 1 aliphatic heterocycles. The van der Waals surface area contributed by atoms with Gasteiger partial charge in [-0.2, -0.15) is 0 Å². The number of carbonyl (C=O) groups excluding carboxylic acids is 2. The van der Waals surface area contributed by atoms with Crippen molar-refractivity contribution >= 4 is 21.8 Å². The molecule has 0 saturated carbocycles. The topological polar surface area (TPSA) is 111 Å². The number of amides is 2. The molecule has 1 aliphatic rings. The first-order valence-electron chi connectivity index (χ1n) is 9.05. The van der Waals surface area contributed by atoms with Gasteiger partial charge in [0.05, 0.1) is 26.9 Å². The molecule has 1 heterocycles. The highest BCUT2D eigenvalue weighted by atomic mass is 32.2. The van der Waals surface area contributed by atoms with E-state index in [1.807, 2.05) is 0 Å². The maximum atomic E-state index is 12.5. The van der Waals surface area contributed by atoms with E-state index in [1.165, 1.54) is 33.5 Å². The minimum atomic E-state index is -3.93. The molecule has 10 heteroatoms. The Hall–Kier alpha value is -3.27. The smallest absolute Gasteiger partial charge is 0.269 e. The van der Waals surface area contributed by atoms with E-state index in [1.54, 1.807) is 24.3 Å². The van der Waals surface area contributed by atoms with E-state index in [2.05, 4.69) is 5.32 Å². The molecular weight excluding hydrogens is 412 g/mol. The summed E-state index contributed by atoms with van der Waals surface area (Å²) in [6.07, 6.45) is -0.163. The highest BCUT2D eigenvalue weighted by Gasteiger charge is 2.40. The van der Waals surface area contributed by atoms with Crippen molar-refractivity contribution in [1.29, 1.82) is 0 Å². The zero-order valence-corrected chi connectivity index (χ0v) is 17.6. The number of fused-ring (bicyclic) bond motifs is 1. The van der Waals surface area contributed by atoms with Gasteiger partial charge in [-0.25, -0.2) is 12.7 Å². The van der Waals surface area contributed by atoms with Crippen LogP contribution in [0.4, 0.5) is 0 Å². The average molecular weight is 434 g/mol. The fraction of sp³-hybridized carbons (Fsp3) is 0.300. The predicted octanol–water partition coefficient (Wildman–Crippen LogP) is 1.56. The minimum absolute atomic E-state index is 0.0344. The van der Waals surface area contributed by atoms with Gasteiger partial charge in [0.2, 0.25) is 11.7 Å².